The van der Waals surface area contributed by atoms with E-state index in [1.54, 1.807) is 14.2 Å². The summed E-state index contributed by atoms with van der Waals surface area (Å²) in [5.41, 5.74) is 8.16. The second kappa shape index (κ2) is 12.7. The Morgan fingerprint density at radius 1 is 1.10 bits per heavy atom. The third-order valence-corrected chi connectivity index (χ3v) is 7.62. The number of rotatable bonds is 7. The Morgan fingerprint density at radius 3 is 2.52 bits per heavy atom. The highest BCUT2D eigenvalue weighted by Crippen LogP contribution is 2.36. The molecule has 7 nitrogen and oxygen atoms in total. The zero-order valence-corrected chi connectivity index (χ0v) is 24.6. The summed E-state index contributed by atoms with van der Waals surface area (Å²) in [5, 5.41) is 13.3. The highest BCUT2D eigenvalue weighted by molar-refractivity contribution is 6.31. The van der Waals surface area contributed by atoms with Gasteiger partial charge in [-0.2, -0.15) is 0 Å². The number of quaternary nitrogens is 1. The number of hydrogen-bond acceptors (Lipinski definition) is 5. The molecular formula is C32H37ClN2O5. The number of H-pyrrole nitrogens is 1. The van der Waals surface area contributed by atoms with Crippen LogP contribution in [0.15, 0.2) is 48.5 Å². The highest BCUT2D eigenvalue weighted by Gasteiger charge is 2.29. The smallest absolute Gasteiger partial charge is 0.153 e. The van der Waals surface area contributed by atoms with Gasteiger partial charge in [-0.15, -0.1) is 0 Å². The molecule has 40 heavy (non-hydrogen) atoms. The van der Waals surface area contributed by atoms with Gasteiger partial charge in [0.1, 0.15) is 23.9 Å². The van der Waals surface area contributed by atoms with Crippen LogP contribution in [0.3, 0.4) is 0 Å². The average molecular weight is 565 g/mol. The molecule has 1 aliphatic heterocycles. The second-order valence-corrected chi connectivity index (χ2v) is 10.7. The first-order valence-corrected chi connectivity index (χ1v) is 13.8. The quantitative estimate of drug-likeness (QED) is 0.335. The lowest BCUT2D eigenvalue weighted by Gasteiger charge is -2.23. The molecule has 0 amide bonds. The van der Waals surface area contributed by atoms with Crippen molar-refractivity contribution in [1.29, 1.82) is 0 Å². The van der Waals surface area contributed by atoms with Crippen molar-refractivity contribution in [1.82, 2.24) is 4.98 Å². The number of benzene rings is 3. The lowest BCUT2D eigenvalue weighted by Crippen LogP contribution is -2.87. The van der Waals surface area contributed by atoms with E-state index in [9.17, 15) is 0 Å². The number of aromatic amines is 1. The molecule has 1 unspecified atom stereocenters. The van der Waals surface area contributed by atoms with Crippen LogP contribution in [0.4, 0.5) is 0 Å². The summed E-state index contributed by atoms with van der Waals surface area (Å²) < 4.78 is 17.6. The van der Waals surface area contributed by atoms with Gasteiger partial charge >= 0.3 is 0 Å². The predicted molar refractivity (Wildman–Crippen MR) is 155 cm³/mol. The van der Waals surface area contributed by atoms with Crippen molar-refractivity contribution in [3.05, 3.63) is 87.1 Å². The van der Waals surface area contributed by atoms with Gasteiger partial charge < -0.3 is 34.4 Å². The Hall–Kier alpha value is -3.68. The number of fused-ring (bicyclic) bond motifs is 3. The van der Waals surface area contributed by atoms with Crippen molar-refractivity contribution >= 4 is 28.5 Å². The van der Waals surface area contributed by atoms with Crippen molar-refractivity contribution < 1.29 is 29.4 Å². The topological polar surface area (TPSA) is 100 Å². The largest absolute Gasteiger partial charge is 0.550 e. The number of carbonyl (C=O) groups excluding carboxylic acids is 1. The first-order chi connectivity index (χ1) is 19.1. The number of aromatic nitrogens is 1. The summed E-state index contributed by atoms with van der Waals surface area (Å²) in [5.74, 6) is 1.81. The van der Waals surface area contributed by atoms with Gasteiger partial charge in [0.15, 0.2) is 6.04 Å². The standard InChI is InChI=1S/C30H33ClN2O3.C2H4O2/c1-17(2)23-15-25(31)18(3)12-28(23)36-16-20-13-19(6-9-27(20)35-5)29-30-22(10-11-32-29)24-14-21(34-4)7-8-26(24)33-30;1-2(3)4/h6-9,12-15,17,29,32-33H,10-11,16H2,1-5H3;1H3,(H,3,4). The number of nitrogens with two attached hydrogens (primary N) is 1. The van der Waals surface area contributed by atoms with Gasteiger partial charge in [0.05, 0.1) is 26.5 Å². The number of carbonyl (C=O) groups is 1. The van der Waals surface area contributed by atoms with Gasteiger partial charge in [-0.25, -0.2) is 0 Å². The molecule has 4 aromatic rings. The van der Waals surface area contributed by atoms with Crippen molar-refractivity contribution in [3.63, 3.8) is 0 Å². The number of methoxy groups -OCH3 is 2. The molecule has 0 bridgehead atoms. The fraction of sp³-hybridized carbons (Fsp3) is 0.344. The summed E-state index contributed by atoms with van der Waals surface area (Å²) >= 11 is 6.40. The molecule has 0 saturated carbocycles. The number of carboxylic acids is 1. The minimum atomic E-state index is -1.08. The van der Waals surface area contributed by atoms with E-state index in [0.717, 1.165) is 64.4 Å². The molecule has 0 saturated heterocycles. The highest BCUT2D eigenvalue weighted by atomic mass is 35.5. The molecule has 212 valence electrons. The van der Waals surface area contributed by atoms with Crippen molar-refractivity contribution in [2.24, 2.45) is 0 Å². The number of nitrogens with one attached hydrogen (secondary N) is 1. The van der Waals surface area contributed by atoms with Crippen LogP contribution < -0.4 is 24.6 Å². The lowest BCUT2D eigenvalue weighted by atomic mass is 9.93. The molecular weight excluding hydrogens is 528 g/mol. The third-order valence-electron chi connectivity index (χ3n) is 7.21. The van der Waals surface area contributed by atoms with E-state index in [2.05, 4.69) is 54.5 Å². The van der Waals surface area contributed by atoms with E-state index < -0.39 is 5.97 Å². The second-order valence-electron chi connectivity index (χ2n) is 10.3. The number of carboxylic acid groups (broad SMARTS) is 1. The van der Waals surface area contributed by atoms with Gasteiger partial charge in [0.25, 0.3) is 0 Å². The van der Waals surface area contributed by atoms with Crippen molar-refractivity contribution in [3.8, 4) is 17.2 Å². The molecule has 1 aromatic heterocycles. The maximum Gasteiger partial charge on any atom is 0.153 e. The Labute approximate surface area is 240 Å². The van der Waals surface area contributed by atoms with E-state index in [0.29, 0.717) is 12.5 Å². The van der Waals surface area contributed by atoms with Gasteiger partial charge in [-0.3, -0.25) is 0 Å². The van der Waals surface area contributed by atoms with Gasteiger partial charge in [-0.1, -0.05) is 25.4 Å². The fourth-order valence-corrected chi connectivity index (χ4v) is 5.40. The molecule has 0 aliphatic carbocycles. The van der Waals surface area contributed by atoms with E-state index in [-0.39, 0.29) is 6.04 Å². The normalized spacial score (nSPS) is 14.3. The molecule has 3 aromatic carbocycles. The summed E-state index contributed by atoms with van der Waals surface area (Å²) in [6.07, 6.45) is 1.03. The lowest BCUT2D eigenvalue weighted by molar-refractivity contribution is -0.690. The Balaban J connectivity index is 0.000000867. The van der Waals surface area contributed by atoms with Crippen LogP contribution >= 0.6 is 11.6 Å². The minimum absolute atomic E-state index is 0.181. The number of halogens is 1. The SMILES string of the molecule is CC(=O)[O-].COc1ccc2[nH]c3c(c2c1)CC[NH2+]C3c1ccc(OC)c(COc2cc(C)c(Cl)cc2C(C)C)c1. The van der Waals surface area contributed by atoms with Crippen LogP contribution in [0.25, 0.3) is 10.9 Å². The first kappa shape index (κ1) is 29.3. The van der Waals surface area contributed by atoms with Crippen molar-refractivity contribution in [2.75, 3.05) is 20.8 Å². The van der Waals surface area contributed by atoms with E-state index >= 15 is 0 Å². The summed E-state index contributed by atoms with van der Waals surface area (Å²) in [6.45, 7) is 8.73. The van der Waals surface area contributed by atoms with Gasteiger partial charge in [-0.05, 0) is 85.0 Å². The summed E-state index contributed by atoms with van der Waals surface area (Å²) in [7, 11) is 3.42. The minimum Gasteiger partial charge on any atom is -0.550 e. The molecule has 5 rings (SSSR count). The maximum atomic E-state index is 8.89. The van der Waals surface area contributed by atoms with E-state index in [1.807, 2.05) is 25.1 Å². The van der Waals surface area contributed by atoms with Crippen LogP contribution in [-0.4, -0.2) is 31.7 Å². The zero-order valence-electron chi connectivity index (χ0n) is 23.9. The molecule has 1 atom stereocenters. The van der Waals surface area contributed by atoms with Crippen LogP contribution in [0.5, 0.6) is 17.2 Å². The van der Waals surface area contributed by atoms with Crippen LogP contribution in [0, 0.1) is 6.92 Å². The maximum absolute atomic E-state index is 8.89. The van der Waals surface area contributed by atoms with Crippen LogP contribution in [0.1, 0.15) is 66.2 Å². The van der Waals surface area contributed by atoms with E-state index in [1.165, 1.54) is 22.2 Å². The number of aliphatic carboxylic acids is 1. The molecule has 3 N–H and O–H groups in total. The average Bonchev–Trinajstić information content (AvgIpc) is 3.31. The molecule has 8 heteroatoms. The van der Waals surface area contributed by atoms with Gasteiger partial charge in [0, 0.05) is 39.4 Å². The number of ether oxygens (including phenoxy) is 3. The predicted octanol–water partition coefficient (Wildman–Crippen LogP) is 4.81. The first-order valence-electron chi connectivity index (χ1n) is 13.4. The fourth-order valence-electron chi connectivity index (χ4n) is 5.23. The molecule has 1 aliphatic rings. The Morgan fingerprint density at radius 2 is 1.85 bits per heavy atom. The van der Waals surface area contributed by atoms with Crippen molar-refractivity contribution in [2.45, 2.75) is 52.7 Å². The Bertz CT molecular complexity index is 1510. The van der Waals surface area contributed by atoms with Crippen LogP contribution in [0.2, 0.25) is 5.02 Å². The summed E-state index contributed by atoms with van der Waals surface area (Å²) in [4.78, 5) is 12.6. The molecule has 0 fully saturated rings. The van der Waals surface area contributed by atoms with E-state index in [4.69, 9.17) is 35.7 Å². The molecule has 2 heterocycles. The van der Waals surface area contributed by atoms with Crippen LogP contribution in [-0.2, 0) is 17.8 Å². The Kier molecular flexibility index (Phi) is 9.28. The monoisotopic (exact) mass is 564 g/mol. The third kappa shape index (κ3) is 6.37. The molecule has 0 spiro atoms. The summed E-state index contributed by atoms with van der Waals surface area (Å²) in [6, 6.07) is 16.9. The number of hydrogen-bond donors (Lipinski definition) is 2. The number of aryl methyl sites for hydroxylation is 1. The zero-order chi connectivity index (χ0) is 29.0. The molecule has 0 radical (unpaired) electrons. The van der Waals surface area contributed by atoms with Gasteiger partial charge in [0.2, 0.25) is 0 Å².